The van der Waals surface area contributed by atoms with Crippen LogP contribution in [0.1, 0.15) is 20.3 Å². The molecular formula is C9H19BF3N2-. The maximum Gasteiger partial charge on any atom is 0.492 e. The molecule has 2 nitrogen and oxygen atoms in total. The van der Waals surface area contributed by atoms with E-state index in [9.17, 15) is 12.9 Å². The lowest BCUT2D eigenvalue weighted by Crippen LogP contribution is -2.40. The van der Waals surface area contributed by atoms with Crippen LogP contribution in [0, 0.1) is 0 Å². The van der Waals surface area contributed by atoms with Gasteiger partial charge in [0.15, 0.2) is 0 Å². The third kappa shape index (κ3) is 4.03. The highest BCUT2D eigenvalue weighted by Crippen LogP contribution is 2.19. The van der Waals surface area contributed by atoms with Crippen molar-refractivity contribution in [1.29, 1.82) is 0 Å². The molecule has 1 fully saturated rings. The molecule has 1 rings (SSSR count). The van der Waals surface area contributed by atoms with Gasteiger partial charge in [0.1, 0.15) is 0 Å². The van der Waals surface area contributed by atoms with Crippen molar-refractivity contribution in [1.82, 2.24) is 9.80 Å². The first-order valence-electron chi connectivity index (χ1n) is 5.63. The summed E-state index contributed by atoms with van der Waals surface area (Å²) in [5, 5.41) is 0. The normalized spacial score (nSPS) is 24.0. The Hall–Kier alpha value is -0.225. The molecule has 1 saturated heterocycles. The van der Waals surface area contributed by atoms with Gasteiger partial charge in [-0.05, 0) is 32.5 Å². The molecule has 0 aliphatic carbocycles. The summed E-state index contributed by atoms with van der Waals surface area (Å²) in [4.78, 5) is 3.77. The van der Waals surface area contributed by atoms with Gasteiger partial charge in [0, 0.05) is 12.6 Å². The first-order valence-corrected chi connectivity index (χ1v) is 5.63. The van der Waals surface area contributed by atoms with Crippen LogP contribution in [0.15, 0.2) is 0 Å². The lowest BCUT2D eigenvalue weighted by atomic mass is 9.91. The number of likely N-dealkylation sites (tertiary alicyclic amines) is 1. The molecule has 0 aromatic carbocycles. The van der Waals surface area contributed by atoms with Gasteiger partial charge in [0.05, 0.1) is 0 Å². The van der Waals surface area contributed by atoms with Crippen molar-refractivity contribution in [3.63, 3.8) is 0 Å². The predicted molar refractivity (Wildman–Crippen MR) is 56.8 cm³/mol. The fourth-order valence-corrected chi connectivity index (χ4v) is 2.31. The highest BCUT2D eigenvalue weighted by atomic mass is 19.4. The van der Waals surface area contributed by atoms with Crippen LogP contribution < -0.4 is 0 Å². The zero-order valence-corrected chi connectivity index (χ0v) is 9.43. The molecule has 0 amide bonds. The molecule has 90 valence electrons. The van der Waals surface area contributed by atoms with E-state index in [4.69, 9.17) is 0 Å². The summed E-state index contributed by atoms with van der Waals surface area (Å²) in [6.07, 6.45) is 0.172. The van der Waals surface area contributed by atoms with Gasteiger partial charge < -0.3 is 17.8 Å². The lowest BCUT2D eigenvalue weighted by Gasteiger charge is -2.27. The smallest absolute Gasteiger partial charge is 0.448 e. The summed E-state index contributed by atoms with van der Waals surface area (Å²) in [5.41, 5.74) is 0. The molecule has 1 aliphatic heterocycles. The summed E-state index contributed by atoms with van der Waals surface area (Å²) in [7, 11) is 0. The Labute approximate surface area is 89.5 Å². The number of hydrogen-bond donors (Lipinski definition) is 0. The number of likely N-dealkylation sites (N-methyl/N-ethyl adjacent to an activating group) is 1. The molecule has 0 aromatic rings. The first-order chi connectivity index (χ1) is 6.96. The Morgan fingerprint density at radius 1 is 1.27 bits per heavy atom. The van der Waals surface area contributed by atoms with E-state index in [-0.39, 0.29) is 0 Å². The van der Waals surface area contributed by atoms with Crippen LogP contribution in [0.3, 0.4) is 0 Å². The summed E-state index contributed by atoms with van der Waals surface area (Å²) in [5.74, 6) is 0. The van der Waals surface area contributed by atoms with E-state index in [1.165, 1.54) is 4.90 Å². The molecule has 6 heteroatoms. The van der Waals surface area contributed by atoms with Crippen LogP contribution in [-0.4, -0.2) is 55.4 Å². The molecule has 0 bridgehead atoms. The minimum atomic E-state index is -4.66. The Bertz CT molecular complexity index is 194. The molecular weight excluding hydrogens is 204 g/mol. The highest BCUT2D eigenvalue weighted by Gasteiger charge is 2.32. The van der Waals surface area contributed by atoms with Crippen LogP contribution in [-0.2, 0) is 0 Å². The first kappa shape index (κ1) is 12.8. The zero-order valence-electron chi connectivity index (χ0n) is 9.43. The van der Waals surface area contributed by atoms with Gasteiger partial charge in [-0.3, -0.25) is 4.90 Å². The maximum absolute atomic E-state index is 12.2. The van der Waals surface area contributed by atoms with Crippen LogP contribution in [0.4, 0.5) is 12.9 Å². The van der Waals surface area contributed by atoms with E-state index in [0.717, 1.165) is 19.5 Å². The molecule has 0 radical (unpaired) electrons. The van der Waals surface area contributed by atoms with Crippen molar-refractivity contribution in [3.8, 4) is 0 Å². The van der Waals surface area contributed by atoms with Gasteiger partial charge in [-0.25, -0.2) is 0 Å². The van der Waals surface area contributed by atoms with Gasteiger partial charge in [-0.1, -0.05) is 13.8 Å². The van der Waals surface area contributed by atoms with E-state index >= 15 is 0 Å². The molecule has 15 heavy (non-hydrogen) atoms. The summed E-state index contributed by atoms with van der Waals surface area (Å²) >= 11 is 0. The molecule has 1 heterocycles. The molecule has 0 saturated carbocycles. The highest BCUT2D eigenvalue weighted by molar-refractivity contribution is 6.58. The van der Waals surface area contributed by atoms with Crippen molar-refractivity contribution in [3.05, 3.63) is 0 Å². The summed E-state index contributed by atoms with van der Waals surface area (Å²) in [6, 6.07) is 0.318. The molecule has 1 atom stereocenters. The zero-order chi connectivity index (χ0) is 11.5. The summed E-state index contributed by atoms with van der Waals surface area (Å²) in [6.45, 7) is 2.45. The Balaban J connectivity index is 2.38. The Kier molecular flexibility index (Phi) is 4.46. The van der Waals surface area contributed by atoms with E-state index in [2.05, 4.69) is 18.7 Å². The van der Waals surface area contributed by atoms with Gasteiger partial charge >= 0.3 is 6.98 Å². The van der Waals surface area contributed by atoms with Crippen molar-refractivity contribution in [2.75, 3.05) is 32.6 Å². The van der Waals surface area contributed by atoms with Gasteiger partial charge in [0.25, 0.3) is 0 Å². The van der Waals surface area contributed by atoms with E-state index < -0.39 is 13.4 Å². The average molecular weight is 223 g/mol. The maximum atomic E-state index is 12.2. The topological polar surface area (TPSA) is 6.48 Å². The fraction of sp³-hybridized carbons (Fsp3) is 1.00. The lowest BCUT2D eigenvalue weighted by molar-refractivity contribution is 0.213. The molecule has 0 aromatic heterocycles. The molecule has 0 N–H and O–H groups in total. The van der Waals surface area contributed by atoms with Crippen molar-refractivity contribution >= 4 is 6.98 Å². The second-order valence-electron chi connectivity index (χ2n) is 4.13. The van der Waals surface area contributed by atoms with E-state index in [1.807, 2.05) is 0 Å². The minimum Gasteiger partial charge on any atom is -0.448 e. The van der Waals surface area contributed by atoms with Crippen molar-refractivity contribution in [2.24, 2.45) is 0 Å². The standard InChI is InChI=1S/C9H19BF3N2/c1-3-15(4-2)9-5-6-14(7-9)8-10(11,12)13/h9H,3-8H2,1-2H3/q-1. The van der Waals surface area contributed by atoms with E-state index in [1.54, 1.807) is 0 Å². The number of nitrogens with zero attached hydrogens (tertiary/aromatic N) is 2. The summed E-state index contributed by atoms with van der Waals surface area (Å²) < 4.78 is 36.6. The number of hydrogen-bond acceptors (Lipinski definition) is 2. The Morgan fingerprint density at radius 2 is 1.87 bits per heavy atom. The average Bonchev–Trinajstić information content (AvgIpc) is 2.52. The quantitative estimate of drug-likeness (QED) is 0.655. The fourth-order valence-electron chi connectivity index (χ4n) is 2.31. The molecule has 0 spiro atoms. The van der Waals surface area contributed by atoms with Crippen LogP contribution in [0.2, 0.25) is 0 Å². The van der Waals surface area contributed by atoms with Crippen LogP contribution >= 0.6 is 0 Å². The molecule has 1 aliphatic rings. The second-order valence-corrected chi connectivity index (χ2v) is 4.13. The largest absolute Gasteiger partial charge is 0.492 e. The number of halogens is 3. The predicted octanol–water partition coefficient (Wildman–Crippen LogP) is 1.79. The monoisotopic (exact) mass is 223 g/mol. The van der Waals surface area contributed by atoms with Crippen molar-refractivity contribution < 1.29 is 12.9 Å². The van der Waals surface area contributed by atoms with Crippen molar-refractivity contribution in [2.45, 2.75) is 26.3 Å². The van der Waals surface area contributed by atoms with Crippen LogP contribution in [0.25, 0.3) is 0 Å². The second kappa shape index (κ2) is 5.21. The molecule has 1 unspecified atom stereocenters. The van der Waals surface area contributed by atoms with Gasteiger partial charge in [0.2, 0.25) is 0 Å². The third-order valence-electron chi connectivity index (χ3n) is 3.04. The SMILES string of the molecule is CCN(CC)C1CCN(C[B-](F)(F)F)C1. The van der Waals surface area contributed by atoms with Crippen LogP contribution in [0.5, 0.6) is 0 Å². The van der Waals surface area contributed by atoms with Gasteiger partial charge in [-0.15, -0.1) is 0 Å². The minimum absolute atomic E-state index is 0.318. The third-order valence-corrected chi connectivity index (χ3v) is 3.04. The Morgan fingerprint density at radius 3 is 2.33 bits per heavy atom. The van der Waals surface area contributed by atoms with Gasteiger partial charge in [-0.2, -0.15) is 0 Å². The number of rotatable bonds is 5. The van der Waals surface area contributed by atoms with E-state index in [0.29, 0.717) is 19.1 Å².